The van der Waals surface area contributed by atoms with Gasteiger partial charge in [-0.15, -0.1) is 4.91 Å². The largest absolute Gasteiger partial charge is 0.345 e. The molecule has 1 N–H and O–H groups in total. The van der Waals surface area contributed by atoms with Crippen molar-refractivity contribution in [2.45, 2.75) is 0 Å². The summed E-state index contributed by atoms with van der Waals surface area (Å²) in [4.78, 5) is 17.2. The van der Waals surface area contributed by atoms with Gasteiger partial charge < -0.3 is 4.98 Å². The Morgan fingerprint density at radius 1 is 1.50 bits per heavy atom. The van der Waals surface area contributed by atoms with Crippen molar-refractivity contribution < 1.29 is 0 Å². The minimum absolute atomic E-state index is 0.370. The smallest absolute Gasteiger partial charge is 0.124 e. The van der Waals surface area contributed by atoms with E-state index in [9.17, 15) is 4.91 Å². The van der Waals surface area contributed by atoms with E-state index in [-0.39, 0.29) is 0 Å². The highest BCUT2D eigenvalue weighted by Gasteiger charge is 2.03. The zero-order chi connectivity index (χ0) is 8.55. The molecule has 0 fully saturated rings. The van der Waals surface area contributed by atoms with Crippen LogP contribution in [0, 0.1) is 4.91 Å². The highest BCUT2D eigenvalue weighted by Crippen LogP contribution is 2.28. The number of aromatic nitrogens is 2. The maximum atomic E-state index is 10.3. The van der Waals surface area contributed by atoms with Crippen LogP contribution < -0.4 is 0 Å². The van der Waals surface area contributed by atoms with Crippen molar-refractivity contribution in [2.24, 2.45) is 5.18 Å². The Kier molecular flexibility index (Phi) is 1.65. The molecule has 0 aliphatic heterocycles. The molecule has 5 heteroatoms. The summed E-state index contributed by atoms with van der Waals surface area (Å²) in [6, 6.07) is 3.40. The zero-order valence-corrected chi connectivity index (χ0v) is 7.50. The molecule has 12 heavy (non-hydrogen) atoms. The summed E-state index contributed by atoms with van der Waals surface area (Å²) in [5.74, 6) is 0. The second-order valence-corrected chi connectivity index (χ2v) is 3.17. The first-order valence-corrected chi connectivity index (χ1v) is 4.06. The molecule has 1 heterocycles. The Hall–Kier alpha value is -1.23. The van der Waals surface area contributed by atoms with Gasteiger partial charge in [-0.2, -0.15) is 0 Å². The lowest BCUT2D eigenvalue weighted by atomic mass is 10.3. The number of hydrogen-bond donors (Lipinski definition) is 1. The van der Waals surface area contributed by atoms with Crippen molar-refractivity contribution in [2.75, 3.05) is 0 Å². The summed E-state index contributed by atoms with van der Waals surface area (Å²) in [6.07, 6.45) is 1.58. The maximum absolute atomic E-state index is 10.3. The third-order valence-electron chi connectivity index (χ3n) is 1.59. The predicted octanol–water partition coefficient (Wildman–Crippen LogP) is 2.72. The zero-order valence-electron chi connectivity index (χ0n) is 5.91. The number of imidazole rings is 1. The fourth-order valence-corrected chi connectivity index (χ4v) is 1.43. The molecular formula is C7H4BrN3O. The Balaban J connectivity index is 2.81. The number of benzene rings is 1. The molecule has 0 aliphatic rings. The molecule has 60 valence electrons. The molecule has 0 bridgehead atoms. The first-order chi connectivity index (χ1) is 5.81. The summed E-state index contributed by atoms with van der Waals surface area (Å²) < 4.78 is 0.675. The highest BCUT2D eigenvalue weighted by molar-refractivity contribution is 9.10. The lowest BCUT2D eigenvalue weighted by molar-refractivity contribution is 1.34. The molecule has 0 aliphatic carbocycles. The lowest BCUT2D eigenvalue weighted by Gasteiger charge is -1.93. The minimum Gasteiger partial charge on any atom is -0.345 e. The number of aromatic amines is 1. The molecule has 0 saturated carbocycles. The Bertz CT molecular complexity index is 437. The van der Waals surface area contributed by atoms with E-state index in [4.69, 9.17) is 0 Å². The van der Waals surface area contributed by atoms with E-state index < -0.39 is 0 Å². The lowest BCUT2D eigenvalue weighted by Crippen LogP contribution is -1.71. The van der Waals surface area contributed by atoms with E-state index in [1.807, 2.05) is 0 Å². The van der Waals surface area contributed by atoms with Crippen molar-refractivity contribution in [3.63, 3.8) is 0 Å². The number of nitrogens with one attached hydrogen (secondary N) is 1. The van der Waals surface area contributed by atoms with Gasteiger partial charge in [-0.25, -0.2) is 4.98 Å². The van der Waals surface area contributed by atoms with Crippen LogP contribution >= 0.6 is 15.9 Å². The van der Waals surface area contributed by atoms with Gasteiger partial charge in [0.25, 0.3) is 0 Å². The van der Waals surface area contributed by atoms with Gasteiger partial charge in [0, 0.05) is 4.47 Å². The predicted molar refractivity (Wildman–Crippen MR) is 49.2 cm³/mol. The average molecular weight is 226 g/mol. The standard InChI is InChI=1S/C7H4BrN3O/c8-4-1-6-7(10-3-9-6)2-5(4)11-12/h1-3H,(H,9,10). The van der Waals surface area contributed by atoms with E-state index >= 15 is 0 Å². The van der Waals surface area contributed by atoms with Crippen LogP contribution in [0.25, 0.3) is 11.0 Å². The Morgan fingerprint density at radius 3 is 3.08 bits per heavy atom. The normalized spacial score (nSPS) is 10.4. The molecule has 0 radical (unpaired) electrons. The van der Waals surface area contributed by atoms with Gasteiger partial charge >= 0.3 is 0 Å². The van der Waals surface area contributed by atoms with Crippen LogP contribution in [-0.2, 0) is 0 Å². The molecule has 0 amide bonds. The number of H-pyrrole nitrogens is 1. The highest BCUT2D eigenvalue weighted by atomic mass is 79.9. The number of nitrogens with zero attached hydrogens (tertiary/aromatic N) is 2. The number of rotatable bonds is 1. The van der Waals surface area contributed by atoms with E-state index in [1.165, 1.54) is 0 Å². The molecule has 0 unspecified atom stereocenters. The molecule has 0 atom stereocenters. The molecular weight excluding hydrogens is 222 g/mol. The van der Waals surface area contributed by atoms with E-state index in [1.54, 1.807) is 18.5 Å². The van der Waals surface area contributed by atoms with Crippen molar-refractivity contribution in [1.29, 1.82) is 0 Å². The van der Waals surface area contributed by atoms with Gasteiger partial charge in [0.1, 0.15) is 5.69 Å². The van der Waals surface area contributed by atoms with Gasteiger partial charge in [-0.3, -0.25) is 0 Å². The van der Waals surface area contributed by atoms with Gasteiger partial charge in [0.05, 0.1) is 17.4 Å². The quantitative estimate of drug-likeness (QED) is 0.760. The van der Waals surface area contributed by atoms with Gasteiger partial charge in [-0.05, 0) is 33.2 Å². The van der Waals surface area contributed by atoms with Crippen molar-refractivity contribution in [3.8, 4) is 0 Å². The van der Waals surface area contributed by atoms with Crippen molar-refractivity contribution in [3.05, 3.63) is 27.8 Å². The monoisotopic (exact) mass is 225 g/mol. The van der Waals surface area contributed by atoms with E-state index in [2.05, 4.69) is 31.1 Å². The van der Waals surface area contributed by atoms with Crippen LogP contribution in [0.15, 0.2) is 28.1 Å². The first kappa shape index (κ1) is 7.42. The number of fused-ring (bicyclic) bond motifs is 1. The molecule has 0 saturated heterocycles. The van der Waals surface area contributed by atoms with Gasteiger partial charge in [0.2, 0.25) is 0 Å². The summed E-state index contributed by atoms with van der Waals surface area (Å²) >= 11 is 3.22. The average Bonchev–Trinajstić information content (AvgIpc) is 2.49. The maximum Gasteiger partial charge on any atom is 0.124 e. The summed E-state index contributed by atoms with van der Waals surface area (Å²) in [5, 5.41) is 2.85. The van der Waals surface area contributed by atoms with Gasteiger partial charge in [0.15, 0.2) is 0 Å². The fraction of sp³-hybridized carbons (Fsp3) is 0. The van der Waals surface area contributed by atoms with Crippen LogP contribution in [0.5, 0.6) is 0 Å². The van der Waals surface area contributed by atoms with Crippen LogP contribution in [-0.4, -0.2) is 9.97 Å². The van der Waals surface area contributed by atoms with Crippen LogP contribution in [0.3, 0.4) is 0 Å². The number of halogens is 1. The molecule has 1 aromatic heterocycles. The van der Waals surface area contributed by atoms with Crippen LogP contribution in [0.1, 0.15) is 0 Å². The third-order valence-corrected chi connectivity index (χ3v) is 2.22. The number of hydrogen-bond acceptors (Lipinski definition) is 3. The molecule has 4 nitrogen and oxygen atoms in total. The van der Waals surface area contributed by atoms with E-state index in [0.717, 1.165) is 11.0 Å². The Morgan fingerprint density at radius 2 is 2.33 bits per heavy atom. The SMILES string of the molecule is O=Nc1cc2nc[nH]c2cc1Br. The van der Waals surface area contributed by atoms with Crippen LogP contribution in [0.2, 0.25) is 0 Å². The Labute approximate surface area is 76.1 Å². The summed E-state index contributed by atoms with van der Waals surface area (Å²) in [5.41, 5.74) is 2.00. The third kappa shape index (κ3) is 1.02. The molecule has 1 aromatic carbocycles. The molecule has 0 spiro atoms. The van der Waals surface area contributed by atoms with Crippen molar-refractivity contribution in [1.82, 2.24) is 9.97 Å². The molecule has 2 rings (SSSR count). The van der Waals surface area contributed by atoms with Gasteiger partial charge in [-0.1, -0.05) is 0 Å². The van der Waals surface area contributed by atoms with E-state index in [0.29, 0.717) is 10.2 Å². The number of nitroso groups, excluding NO2 is 1. The first-order valence-electron chi connectivity index (χ1n) is 3.27. The second kappa shape index (κ2) is 2.67. The second-order valence-electron chi connectivity index (χ2n) is 2.31. The van der Waals surface area contributed by atoms with Crippen molar-refractivity contribution >= 4 is 32.7 Å². The summed E-state index contributed by atoms with van der Waals surface area (Å²) in [7, 11) is 0. The molecule has 2 aromatic rings. The fourth-order valence-electron chi connectivity index (χ4n) is 1.01. The topological polar surface area (TPSA) is 58.1 Å². The minimum atomic E-state index is 0.370. The summed E-state index contributed by atoms with van der Waals surface area (Å²) in [6.45, 7) is 0. The van der Waals surface area contributed by atoms with Crippen LogP contribution in [0.4, 0.5) is 5.69 Å².